The number of hydrogen-bond donors (Lipinski definition) is 2. The second-order valence-electron chi connectivity index (χ2n) is 6.65. The molecule has 0 bridgehead atoms. The summed E-state index contributed by atoms with van der Waals surface area (Å²) >= 11 is 0. The van der Waals surface area contributed by atoms with Gasteiger partial charge in [-0.25, -0.2) is 9.59 Å². The first kappa shape index (κ1) is 21.1. The molecule has 3 rings (SSSR count). The highest BCUT2D eigenvalue weighted by Gasteiger charge is 2.28. The van der Waals surface area contributed by atoms with Crippen molar-refractivity contribution in [3.8, 4) is 5.75 Å². The number of carbonyl (C=O) groups is 3. The minimum Gasteiger partial charge on any atom is -0.487 e. The molecule has 0 spiro atoms. The summed E-state index contributed by atoms with van der Waals surface area (Å²) in [6.07, 6.45) is 2.49. The Kier molecular flexibility index (Phi) is 6.89. The van der Waals surface area contributed by atoms with Crippen LogP contribution in [0.5, 0.6) is 5.75 Å². The molecule has 28 heavy (non-hydrogen) atoms. The van der Waals surface area contributed by atoms with Crippen LogP contribution >= 0.6 is 0 Å². The van der Waals surface area contributed by atoms with Crippen LogP contribution in [0.1, 0.15) is 16.8 Å². The van der Waals surface area contributed by atoms with Crippen LogP contribution in [0.4, 0.5) is 0 Å². The minimum atomic E-state index is -1.82. The fraction of sp³-hybridized carbons (Fsp3) is 0.368. The van der Waals surface area contributed by atoms with Crippen LogP contribution in [-0.4, -0.2) is 83.2 Å². The lowest BCUT2D eigenvalue weighted by atomic mass is 10.1. The summed E-state index contributed by atoms with van der Waals surface area (Å²) in [5.41, 5.74) is 1.40. The zero-order chi connectivity index (χ0) is 20.8. The summed E-state index contributed by atoms with van der Waals surface area (Å²) < 4.78 is 6.23. The molecule has 1 amide bonds. The van der Waals surface area contributed by atoms with E-state index in [-0.39, 0.29) is 12.0 Å². The van der Waals surface area contributed by atoms with Crippen molar-refractivity contribution in [3.05, 3.63) is 36.0 Å². The monoisotopic (exact) mass is 389 g/mol. The number of hydrogen-bond acceptors (Lipinski definition) is 6. The summed E-state index contributed by atoms with van der Waals surface area (Å²) in [6.45, 7) is 1.51. The van der Waals surface area contributed by atoms with E-state index in [0.29, 0.717) is 17.9 Å². The molecule has 2 N–H and O–H groups in total. The molecule has 0 radical (unpaired) electrons. The molecule has 0 saturated carbocycles. The van der Waals surface area contributed by atoms with Gasteiger partial charge < -0.3 is 24.7 Å². The summed E-state index contributed by atoms with van der Waals surface area (Å²) in [6, 6.07) is 7.78. The van der Waals surface area contributed by atoms with E-state index in [1.165, 1.54) is 0 Å². The van der Waals surface area contributed by atoms with Gasteiger partial charge in [-0.15, -0.1) is 0 Å². The van der Waals surface area contributed by atoms with Crippen LogP contribution in [0.15, 0.2) is 30.5 Å². The van der Waals surface area contributed by atoms with E-state index in [9.17, 15) is 4.79 Å². The lowest BCUT2D eigenvalue weighted by Crippen LogP contribution is -2.35. The highest BCUT2D eigenvalue weighted by Crippen LogP contribution is 2.32. The van der Waals surface area contributed by atoms with Gasteiger partial charge in [-0.3, -0.25) is 9.78 Å². The van der Waals surface area contributed by atoms with Crippen molar-refractivity contribution in [2.24, 2.45) is 0 Å². The first-order valence-corrected chi connectivity index (χ1v) is 8.61. The number of aromatic nitrogens is 1. The van der Waals surface area contributed by atoms with Gasteiger partial charge >= 0.3 is 11.9 Å². The molecule has 1 aromatic heterocycles. The van der Waals surface area contributed by atoms with Gasteiger partial charge in [0.1, 0.15) is 17.4 Å². The molecule has 1 aliphatic rings. The molecule has 1 unspecified atom stereocenters. The lowest BCUT2D eigenvalue weighted by molar-refractivity contribution is -0.159. The Morgan fingerprint density at radius 3 is 2.50 bits per heavy atom. The van der Waals surface area contributed by atoms with Gasteiger partial charge in [0.05, 0.1) is 12.1 Å². The zero-order valence-corrected chi connectivity index (χ0v) is 16.0. The van der Waals surface area contributed by atoms with E-state index in [1.807, 2.05) is 45.4 Å². The Hall–Kier alpha value is -3.20. The summed E-state index contributed by atoms with van der Waals surface area (Å²) in [5, 5.41) is 15.7. The Morgan fingerprint density at radius 2 is 1.89 bits per heavy atom. The fourth-order valence-electron chi connectivity index (χ4n) is 2.75. The predicted octanol–water partition coefficient (Wildman–Crippen LogP) is 1.18. The molecule has 9 nitrogen and oxygen atoms in total. The molecule has 0 aliphatic carbocycles. The van der Waals surface area contributed by atoms with Gasteiger partial charge in [0.15, 0.2) is 0 Å². The molecule has 1 aliphatic heterocycles. The number of para-hydroxylation sites is 1. The average Bonchev–Trinajstić information content (AvgIpc) is 2.77. The van der Waals surface area contributed by atoms with Gasteiger partial charge in [-0.1, -0.05) is 12.1 Å². The molecule has 0 saturated heterocycles. The number of benzene rings is 1. The first-order valence-electron chi connectivity index (χ1n) is 8.61. The number of amides is 1. The number of pyridine rings is 1. The fourth-order valence-corrected chi connectivity index (χ4v) is 2.75. The second kappa shape index (κ2) is 9.14. The van der Waals surface area contributed by atoms with E-state index >= 15 is 0 Å². The number of carboxylic acid groups (broad SMARTS) is 2. The van der Waals surface area contributed by atoms with Crippen LogP contribution in [0.25, 0.3) is 10.9 Å². The van der Waals surface area contributed by atoms with Crippen molar-refractivity contribution in [3.63, 3.8) is 0 Å². The highest BCUT2D eigenvalue weighted by atomic mass is 16.5. The Bertz CT molecular complexity index is 871. The number of ether oxygens (including phenoxy) is 1. The van der Waals surface area contributed by atoms with Gasteiger partial charge in [-0.05, 0) is 32.6 Å². The van der Waals surface area contributed by atoms with Crippen molar-refractivity contribution in [2.75, 3.05) is 34.2 Å². The number of nitrogens with zero attached hydrogens (tertiary/aromatic N) is 3. The maximum atomic E-state index is 12.6. The van der Waals surface area contributed by atoms with Crippen LogP contribution in [0.3, 0.4) is 0 Å². The Morgan fingerprint density at radius 1 is 1.25 bits per heavy atom. The van der Waals surface area contributed by atoms with E-state index in [0.717, 1.165) is 23.9 Å². The first-order chi connectivity index (χ1) is 13.2. The van der Waals surface area contributed by atoms with Gasteiger partial charge in [0, 0.05) is 25.2 Å². The molecule has 0 fully saturated rings. The van der Waals surface area contributed by atoms with Crippen molar-refractivity contribution in [1.29, 1.82) is 0 Å². The number of aliphatic carboxylic acids is 2. The molecule has 1 aromatic carbocycles. The van der Waals surface area contributed by atoms with E-state index in [1.54, 1.807) is 11.1 Å². The zero-order valence-electron chi connectivity index (χ0n) is 16.0. The number of rotatable bonds is 3. The topological polar surface area (TPSA) is 120 Å². The average molecular weight is 389 g/mol. The van der Waals surface area contributed by atoms with E-state index in [4.69, 9.17) is 24.5 Å². The number of fused-ring (bicyclic) bond motifs is 3. The molecule has 2 heterocycles. The quantitative estimate of drug-likeness (QED) is 0.751. The van der Waals surface area contributed by atoms with E-state index < -0.39 is 11.9 Å². The lowest BCUT2D eigenvalue weighted by Gasteiger charge is -2.22. The molecule has 9 heteroatoms. The van der Waals surface area contributed by atoms with Crippen LogP contribution in [-0.2, 0) is 9.59 Å². The number of likely N-dealkylation sites (N-methyl/N-ethyl adjacent to an activating group) is 1. The maximum absolute atomic E-state index is 12.6. The van der Waals surface area contributed by atoms with Crippen molar-refractivity contribution < 1.29 is 29.3 Å². The molecule has 2 aromatic rings. The van der Waals surface area contributed by atoms with Crippen molar-refractivity contribution in [1.82, 2.24) is 14.8 Å². The minimum absolute atomic E-state index is 0.0107. The Balaban J connectivity index is 0.000000409. The van der Waals surface area contributed by atoms with Gasteiger partial charge in [0.25, 0.3) is 5.91 Å². The summed E-state index contributed by atoms with van der Waals surface area (Å²) in [4.78, 5) is 39.0. The number of carbonyl (C=O) groups excluding carboxylic acids is 1. The smallest absolute Gasteiger partial charge is 0.414 e. The molecule has 1 atom stereocenters. The van der Waals surface area contributed by atoms with Crippen molar-refractivity contribution in [2.45, 2.75) is 12.5 Å². The standard InChI is InChI=1S/C17H21N3O2.C2H2O4/c1-19(2)9-8-12-11-20(3)17(21)14-10-18-15-7-5-4-6-13(15)16(14)22-12;3-1(4)2(5)6/h4-7,10,12H,8-9,11H2,1-3H3;(H,3,4)(H,5,6). The van der Waals surface area contributed by atoms with Crippen LogP contribution < -0.4 is 4.74 Å². The van der Waals surface area contributed by atoms with Crippen LogP contribution in [0.2, 0.25) is 0 Å². The maximum Gasteiger partial charge on any atom is 0.414 e. The van der Waals surface area contributed by atoms with Gasteiger partial charge in [0.2, 0.25) is 0 Å². The third-order valence-electron chi connectivity index (χ3n) is 4.15. The van der Waals surface area contributed by atoms with Crippen LogP contribution in [0, 0.1) is 0 Å². The number of carboxylic acids is 2. The Labute approximate surface area is 162 Å². The summed E-state index contributed by atoms with van der Waals surface area (Å²) in [5.74, 6) is -3.01. The summed E-state index contributed by atoms with van der Waals surface area (Å²) in [7, 11) is 5.90. The highest BCUT2D eigenvalue weighted by molar-refractivity contribution is 6.27. The third-order valence-corrected chi connectivity index (χ3v) is 4.15. The SMILES string of the molecule is CN(C)CCC1CN(C)C(=O)c2cnc3ccccc3c2O1.O=C(O)C(=O)O. The van der Waals surface area contributed by atoms with E-state index in [2.05, 4.69) is 9.88 Å². The normalized spacial score (nSPS) is 15.9. The van der Waals surface area contributed by atoms with Crippen molar-refractivity contribution >= 4 is 28.7 Å². The largest absolute Gasteiger partial charge is 0.487 e. The van der Waals surface area contributed by atoms with Gasteiger partial charge in [-0.2, -0.15) is 0 Å². The third kappa shape index (κ3) is 5.17. The second-order valence-corrected chi connectivity index (χ2v) is 6.65. The molecular formula is C19H23N3O6. The molecule has 150 valence electrons. The molecular weight excluding hydrogens is 366 g/mol. The predicted molar refractivity (Wildman–Crippen MR) is 102 cm³/mol.